The van der Waals surface area contributed by atoms with E-state index in [1.165, 1.54) is 5.56 Å². The normalized spacial score (nSPS) is 17.2. The number of aryl methyl sites for hydroxylation is 1. The summed E-state index contributed by atoms with van der Waals surface area (Å²) in [5.41, 5.74) is 2.17. The molecule has 6 nitrogen and oxygen atoms in total. The summed E-state index contributed by atoms with van der Waals surface area (Å²) in [4.78, 5) is 16.8. The minimum absolute atomic E-state index is 0. The third-order valence-corrected chi connectivity index (χ3v) is 4.39. The van der Waals surface area contributed by atoms with E-state index in [4.69, 9.17) is 0 Å². The summed E-state index contributed by atoms with van der Waals surface area (Å²) in [5.74, 6) is 1.12. The molecule has 0 aliphatic carbocycles. The molecule has 0 spiro atoms. The largest absolute Gasteiger partial charge is 0.345 e. The van der Waals surface area contributed by atoms with Gasteiger partial charge in [0.2, 0.25) is 5.82 Å². The Morgan fingerprint density at radius 1 is 1.36 bits per heavy atom. The number of piperidine rings is 1. The Labute approximate surface area is 154 Å². The quantitative estimate of drug-likeness (QED) is 0.875. The highest BCUT2D eigenvalue weighted by molar-refractivity contribution is 5.90. The van der Waals surface area contributed by atoms with Crippen molar-refractivity contribution in [2.75, 3.05) is 13.1 Å². The van der Waals surface area contributed by atoms with Crippen molar-refractivity contribution in [3.8, 4) is 5.69 Å². The molecule has 1 aliphatic rings. The molecule has 1 aromatic heterocycles. The average molecular weight is 364 g/mol. The zero-order valence-electron chi connectivity index (χ0n) is 15.0. The zero-order chi connectivity index (χ0) is 17.1. The molecule has 1 fully saturated rings. The van der Waals surface area contributed by atoms with E-state index in [1.54, 1.807) is 4.68 Å². The second-order valence-electron chi connectivity index (χ2n) is 6.62. The van der Waals surface area contributed by atoms with Gasteiger partial charge in [0.05, 0.1) is 5.69 Å². The molecule has 1 atom stereocenters. The van der Waals surface area contributed by atoms with Crippen LogP contribution in [0.4, 0.5) is 0 Å². The topological polar surface area (TPSA) is 71.8 Å². The van der Waals surface area contributed by atoms with Crippen molar-refractivity contribution in [3.63, 3.8) is 0 Å². The molecule has 0 radical (unpaired) electrons. The van der Waals surface area contributed by atoms with Crippen molar-refractivity contribution in [2.24, 2.45) is 0 Å². The Kier molecular flexibility index (Phi) is 6.56. The first-order valence-corrected chi connectivity index (χ1v) is 8.61. The molecule has 0 saturated carbocycles. The molecule has 2 heterocycles. The Morgan fingerprint density at radius 3 is 2.80 bits per heavy atom. The van der Waals surface area contributed by atoms with Crippen LogP contribution < -0.4 is 10.6 Å². The van der Waals surface area contributed by atoms with Gasteiger partial charge in [-0.2, -0.15) is 0 Å². The molecule has 136 valence electrons. The maximum Gasteiger partial charge on any atom is 0.291 e. The van der Waals surface area contributed by atoms with E-state index in [1.807, 2.05) is 25.1 Å². The van der Waals surface area contributed by atoms with E-state index in [2.05, 4.69) is 40.6 Å². The highest BCUT2D eigenvalue weighted by Gasteiger charge is 2.21. The van der Waals surface area contributed by atoms with Gasteiger partial charge in [0.15, 0.2) is 0 Å². The Bertz CT molecular complexity index is 722. The van der Waals surface area contributed by atoms with Crippen molar-refractivity contribution in [3.05, 3.63) is 41.5 Å². The summed E-state index contributed by atoms with van der Waals surface area (Å²) in [6.45, 7) is 8.00. The number of hydrogen-bond acceptors (Lipinski definition) is 4. The summed E-state index contributed by atoms with van der Waals surface area (Å²) in [5, 5.41) is 10.8. The van der Waals surface area contributed by atoms with Gasteiger partial charge in [-0.1, -0.05) is 32.0 Å². The number of carbonyl (C=O) groups is 1. The van der Waals surface area contributed by atoms with E-state index in [-0.39, 0.29) is 30.2 Å². The lowest BCUT2D eigenvalue weighted by atomic mass is 10.0. The highest BCUT2D eigenvalue weighted by Crippen LogP contribution is 2.23. The van der Waals surface area contributed by atoms with Crippen LogP contribution in [0.1, 0.15) is 54.6 Å². The molecule has 1 aromatic carbocycles. The van der Waals surface area contributed by atoms with Gasteiger partial charge < -0.3 is 10.6 Å². The molecule has 2 aromatic rings. The Hall–Kier alpha value is -1.92. The number of nitrogens with one attached hydrogen (secondary N) is 2. The lowest BCUT2D eigenvalue weighted by molar-refractivity contribution is 0.0920. The van der Waals surface area contributed by atoms with Crippen LogP contribution in [-0.2, 0) is 0 Å². The van der Waals surface area contributed by atoms with Crippen LogP contribution in [0.3, 0.4) is 0 Å². The molecule has 1 saturated heterocycles. The fourth-order valence-electron chi connectivity index (χ4n) is 3.11. The van der Waals surface area contributed by atoms with Crippen LogP contribution in [0, 0.1) is 6.92 Å². The molecular weight excluding hydrogens is 338 g/mol. The number of rotatable bonds is 4. The van der Waals surface area contributed by atoms with Crippen molar-refractivity contribution < 1.29 is 4.79 Å². The van der Waals surface area contributed by atoms with Crippen molar-refractivity contribution in [2.45, 2.75) is 45.6 Å². The summed E-state index contributed by atoms with van der Waals surface area (Å²) in [6, 6.07) is 8.27. The highest BCUT2D eigenvalue weighted by atomic mass is 35.5. The standard InChI is InChI=1S/C18H25N5O.ClH/c1-12(2)15-8-4-5-9-16(15)23-13(3)20-17(22-23)18(24)21-14-7-6-10-19-11-14;/h4-5,8-9,12,14,19H,6-7,10-11H2,1-3H3,(H,21,24);1H. The van der Waals surface area contributed by atoms with Gasteiger partial charge in [-0.05, 0) is 43.9 Å². The van der Waals surface area contributed by atoms with E-state index in [0.717, 1.165) is 37.4 Å². The first-order chi connectivity index (χ1) is 11.6. The van der Waals surface area contributed by atoms with E-state index in [0.29, 0.717) is 5.92 Å². The molecule has 2 N–H and O–H groups in total. The summed E-state index contributed by atoms with van der Waals surface area (Å²) >= 11 is 0. The summed E-state index contributed by atoms with van der Waals surface area (Å²) < 4.78 is 1.77. The first kappa shape index (κ1) is 19.4. The van der Waals surface area contributed by atoms with Crippen LogP contribution in [0.15, 0.2) is 24.3 Å². The van der Waals surface area contributed by atoms with Crippen molar-refractivity contribution in [1.82, 2.24) is 25.4 Å². The fourth-order valence-corrected chi connectivity index (χ4v) is 3.11. The van der Waals surface area contributed by atoms with Gasteiger partial charge >= 0.3 is 0 Å². The van der Waals surface area contributed by atoms with Crippen LogP contribution >= 0.6 is 12.4 Å². The molecule has 3 rings (SSSR count). The van der Waals surface area contributed by atoms with E-state index in [9.17, 15) is 4.79 Å². The predicted molar refractivity (Wildman–Crippen MR) is 101 cm³/mol. The molecule has 0 bridgehead atoms. The smallest absolute Gasteiger partial charge is 0.291 e. The Morgan fingerprint density at radius 2 is 2.12 bits per heavy atom. The first-order valence-electron chi connectivity index (χ1n) is 8.61. The lowest BCUT2D eigenvalue weighted by Gasteiger charge is -2.23. The summed E-state index contributed by atoms with van der Waals surface area (Å²) in [6.07, 6.45) is 2.07. The van der Waals surface area contributed by atoms with E-state index < -0.39 is 0 Å². The van der Waals surface area contributed by atoms with Gasteiger partial charge in [0.1, 0.15) is 5.82 Å². The molecule has 1 amide bonds. The molecule has 25 heavy (non-hydrogen) atoms. The molecule has 7 heteroatoms. The number of benzene rings is 1. The lowest BCUT2D eigenvalue weighted by Crippen LogP contribution is -2.45. The zero-order valence-corrected chi connectivity index (χ0v) is 15.8. The number of carbonyl (C=O) groups excluding carboxylic acids is 1. The molecular formula is C18H26ClN5O. The fraction of sp³-hybridized carbons (Fsp3) is 0.500. The van der Waals surface area contributed by atoms with Crippen molar-refractivity contribution in [1.29, 1.82) is 0 Å². The maximum atomic E-state index is 12.5. The van der Waals surface area contributed by atoms with Gasteiger partial charge in [0.25, 0.3) is 5.91 Å². The number of amides is 1. The molecule has 1 aliphatic heterocycles. The number of halogens is 1. The number of hydrogen-bond donors (Lipinski definition) is 2. The van der Waals surface area contributed by atoms with Crippen LogP contribution in [-0.4, -0.2) is 39.8 Å². The number of para-hydroxylation sites is 1. The second-order valence-corrected chi connectivity index (χ2v) is 6.62. The van der Waals surface area contributed by atoms with Crippen molar-refractivity contribution >= 4 is 18.3 Å². The third-order valence-electron chi connectivity index (χ3n) is 4.39. The van der Waals surface area contributed by atoms with Crippen LogP contribution in [0.2, 0.25) is 0 Å². The minimum atomic E-state index is -0.201. The predicted octanol–water partition coefficient (Wildman–Crippen LogP) is 2.60. The van der Waals surface area contributed by atoms with E-state index >= 15 is 0 Å². The second kappa shape index (κ2) is 8.45. The van der Waals surface area contributed by atoms with Gasteiger partial charge in [-0.15, -0.1) is 17.5 Å². The van der Waals surface area contributed by atoms with Crippen LogP contribution in [0.5, 0.6) is 0 Å². The third kappa shape index (κ3) is 4.38. The minimum Gasteiger partial charge on any atom is -0.345 e. The average Bonchev–Trinajstić information content (AvgIpc) is 2.97. The number of nitrogens with zero attached hydrogens (tertiary/aromatic N) is 3. The Balaban J connectivity index is 0.00000225. The van der Waals surface area contributed by atoms with Crippen LogP contribution in [0.25, 0.3) is 5.69 Å². The number of aromatic nitrogens is 3. The monoisotopic (exact) mass is 363 g/mol. The summed E-state index contributed by atoms with van der Waals surface area (Å²) in [7, 11) is 0. The maximum absolute atomic E-state index is 12.5. The SMILES string of the molecule is Cc1nc(C(=O)NC2CCCNC2)nn1-c1ccccc1C(C)C.Cl. The molecule has 1 unspecified atom stereocenters. The van der Waals surface area contributed by atoms with Gasteiger partial charge in [0, 0.05) is 12.6 Å². The van der Waals surface area contributed by atoms with Gasteiger partial charge in [-0.3, -0.25) is 4.79 Å². The van der Waals surface area contributed by atoms with Gasteiger partial charge in [-0.25, -0.2) is 9.67 Å².